The van der Waals surface area contributed by atoms with Gasteiger partial charge < -0.3 is 113 Å². The maximum Gasteiger partial charge on any atom is 0.245 e. The van der Waals surface area contributed by atoms with E-state index in [4.69, 9.17) is 28.7 Å². The first-order valence-corrected chi connectivity index (χ1v) is 33.8. The molecule has 0 bridgehead atoms. The molecular weight excluding hydrogens is 1320 g/mol. The van der Waals surface area contributed by atoms with Gasteiger partial charge in [0, 0.05) is 36.4 Å². The number of primary amides is 2. The lowest BCUT2D eigenvalue weighted by Crippen LogP contribution is -2.62. The zero-order chi connectivity index (χ0) is 75.5. The van der Waals surface area contributed by atoms with E-state index in [-0.39, 0.29) is 89.1 Å². The first kappa shape index (κ1) is 85.4. The molecule has 1 aromatic heterocycles. The Balaban J connectivity index is 1.82. The summed E-state index contributed by atoms with van der Waals surface area (Å²) in [6.45, 7) is 7.58. The highest BCUT2D eigenvalue weighted by Crippen LogP contribution is 2.20. The van der Waals surface area contributed by atoms with Gasteiger partial charge in [-0.3, -0.25) is 67.1 Å². The van der Waals surface area contributed by atoms with Crippen LogP contribution in [0.5, 0.6) is 5.75 Å². The van der Waals surface area contributed by atoms with Gasteiger partial charge in [-0.1, -0.05) is 70.9 Å². The predicted octanol–water partition coefficient (Wildman–Crippen LogP) is -5.42. The number of rotatable bonds is 47. The number of nitrogens with one attached hydrogen (secondary N) is 13. The van der Waals surface area contributed by atoms with Crippen LogP contribution in [0.1, 0.15) is 123 Å². The van der Waals surface area contributed by atoms with E-state index in [1.165, 1.54) is 38.1 Å². The van der Waals surface area contributed by atoms with Crippen molar-refractivity contribution >= 4 is 93.6 Å². The molecule has 0 aliphatic heterocycles. The number of aliphatic hydroxyl groups excluding tert-OH is 2. The molecule has 0 aliphatic rings. The van der Waals surface area contributed by atoms with E-state index in [1.54, 1.807) is 44.3 Å². The lowest BCUT2D eigenvalue weighted by molar-refractivity contribution is -0.137. The molecule has 14 amide bonds. The topological polar surface area (TPSA) is 590 Å². The van der Waals surface area contributed by atoms with E-state index in [0.717, 1.165) is 6.42 Å². The van der Waals surface area contributed by atoms with E-state index in [2.05, 4.69) is 68.8 Å². The molecule has 1 unspecified atom stereocenters. The SMILES string of the molecule is CCC(C)CCC(=O)N[C@H](CC(N)=O)C(=O)N[C@H](Cc1ccc(O)cc1)C(=O)N[C@H](C)C(=O)N[C@H](CCCN)C(=O)N[C@@H](CCCN)C(=O)NCC(=O)N[C@H](CCCN)C(=O)N[C@@H](Cc1c[nH]c2ccccc12)C(=O)N[C@H](C(=O)N[C@H](C(=O)NCC(=O)N[C@@H](CO)C(N)=O)[C@@H](C)CC)[C@@H](C)O. The zero-order valence-corrected chi connectivity index (χ0v) is 58.1. The Morgan fingerprint density at radius 1 is 0.485 bits per heavy atom. The van der Waals surface area contributed by atoms with Gasteiger partial charge in [0.1, 0.15) is 66.2 Å². The molecule has 3 aromatic rings. The van der Waals surface area contributed by atoms with Gasteiger partial charge in [0.05, 0.1) is 32.2 Å². The molecule has 0 saturated carbocycles. The van der Waals surface area contributed by atoms with Crippen LogP contribution >= 0.6 is 0 Å². The molecule has 35 heteroatoms. The second-order valence-corrected chi connectivity index (χ2v) is 24.9. The largest absolute Gasteiger partial charge is 0.508 e. The van der Waals surface area contributed by atoms with E-state index >= 15 is 0 Å². The fraction of sp³-hybridized carbons (Fsp3) is 0.576. The number of benzene rings is 2. The zero-order valence-electron chi connectivity index (χ0n) is 58.1. The predicted molar refractivity (Wildman–Crippen MR) is 370 cm³/mol. The van der Waals surface area contributed by atoms with Crippen molar-refractivity contribution in [1.29, 1.82) is 0 Å². The standard InChI is InChI=1S/C66H104N18O17/c1-7-35(3)19-24-52(89)77-49(30-51(70)88)63(98)81-47(28-39-20-22-41(87)23-21-39)62(97)75-37(5)58(93)79-46(18-13-27-69)61(96)80-44(16-11-25-67)59(94)73-32-53(90)76-45(17-12-26-68)60(95)82-48(29-40-31-72-43-15-10-9-14-42(40)43)64(99)84-56(38(6)86)66(101)83-55(36(4)8-2)65(100)74-33-54(91)78-50(34-85)57(71)92/h9-10,14-15,20-23,31,35-38,44-50,55-56,72,85-87H,7-8,11-13,16-19,24-30,32-34,67-69H2,1-6H3,(H2,70,88)(H2,71,92)(H,73,94)(H,74,100)(H,75,97)(H,76,90)(H,77,89)(H,78,91)(H,79,93)(H,80,96)(H,81,98)(H,82,95)(H,83,101)(H,84,99)/t35?,36-,37+,38+,44-,45+,46+,47+,48-,49+,50-,55-,56-/m0/s1. The van der Waals surface area contributed by atoms with Gasteiger partial charge in [-0.15, -0.1) is 0 Å². The molecule has 1 heterocycles. The molecule has 0 radical (unpaired) electrons. The maximum absolute atomic E-state index is 14.5. The molecule has 3 rings (SSSR count). The van der Waals surface area contributed by atoms with Crippen LogP contribution in [0.2, 0.25) is 0 Å². The molecule has 560 valence electrons. The Hall–Kier alpha value is -9.84. The van der Waals surface area contributed by atoms with Crippen molar-refractivity contribution < 1.29 is 82.4 Å². The fourth-order valence-electron chi connectivity index (χ4n) is 10.2. The van der Waals surface area contributed by atoms with E-state index in [0.29, 0.717) is 34.9 Å². The summed E-state index contributed by atoms with van der Waals surface area (Å²) < 4.78 is 0. The summed E-state index contributed by atoms with van der Waals surface area (Å²) in [6.07, 6.45) is 0.844. The summed E-state index contributed by atoms with van der Waals surface area (Å²) in [7, 11) is 0. The summed E-state index contributed by atoms with van der Waals surface area (Å²) in [4.78, 5) is 192. The number of para-hydroxylation sites is 1. The highest BCUT2D eigenvalue weighted by atomic mass is 16.3. The van der Waals surface area contributed by atoms with Crippen LogP contribution in [0.25, 0.3) is 10.9 Å². The maximum atomic E-state index is 14.5. The van der Waals surface area contributed by atoms with Gasteiger partial charge in [-0.25, -0.2) is 0 Å². The number of aromatic nitrogens is 1. The Labute approximate surface area is 585 Å². The van der Waals surface area contributed by atoms with Gasteiger partial charge in [0.2, 0.25) is 82.7 Å². The third-order valence-corrected chi connectivity index (χ3v) is 16.7. The first-order chi connectivity index (χ1) is 47.9. The summed E-state index contributed by atoms with van der Waals surface area (Å²) in [5.74, 6) is -13.1. The van der Waals surface area contributed by atoms with Crippen LogP contribution in [-0.2, 0) is 80.0 Å². The van der Waals surface area contributed by atoms with Gasteiger partial charge >= 0.3 is 0 Å². The minimum absolute atomic E-state index is 0.0389. The van der Waals surface area contributed by atoms with Crippen molar-refractivity contribution in [1.82, 2.24) is 68.8 Å². The van der Waals surface area contributed by atoms with Crippen LogP contribution in [0.3, 0.4) is 0 Å². The molecule has 0 spiro atoms. The Bertz CT molecular complexity index is 3280. The number of carbonyl (C=O) groups excluding carboxylic acids is 14. The second kappa shape index (κ2) is 44.3. The number of aliphatic hydroxyl groups is 2. The second-order valence-electron chi connectivity index (χ2n) is 24.9. The summed E-state index contributed by atoms with van der Waals surface area (Å²) in [5, 5.41) is 60.8. The molecule has 35 nitrogen and oxygen atoms in total. The lowest BCUT2D eigenvalue weighted by Gasteiger charge is -2.29. The van der Waals surface area contributed by atoms with Crippen molar-refractivity contribution in [2.45, 2.75) is 192 Å². The summed E-state index contributed by atoms with van der Waals surface area (Å²) >= 11 is 0. The number of phenols is 1. The molecule has 101 heavy (non-hydrogen) atoms. The fourth-order valence-corrected chi connectivity index (χ4v) is 10.2. The number of nitrogens with two attached hydrogens (primary N) is 5. The smallest absolute Gasteiger partial charge is 0.245 e. The number of amides is 14. The van der Waals surface area contributed by atoms with Crippen LogP contribution in [0.4, 0.5) is 0 Å². The summed E-state index contributed by atoms with van der Waals surface area (Å²) in [6, 6.07) is -1.90. The van der Waals surface area contributed by atoms with Gasteiger partial charge in [0.25, 0.3) is 0 Å². The molecular formula is C66H104N18O17. The number of aromatic hydroxyl groups is 1. The lowest BCUT2D eigenvalue weighted by atomic mass is 9.97. The Morgan fingerprint density at radius 3 is 1.50 bits per heavy atom. The minimum Gasteiger partial charge on any atom is -0.508 e. The third-order valence-electron chi connectivity index (χ3n) is 16.7. The number of hydrogen-bond acceptors (Lipinski definition) is 20. The number of carbonyl (C=O) groups is 14. The first-order valence-electron chi connectivity index (χ1n) is 33.8. The molecule has 0 aliphatic carbocycles. The van der Waals surface area contributed by atoms with Crippen molar-refractivity contribution in [3.05, 3.63) is 65.9 Å². The Kier molecular flexibility index (Phi) is 37.5. The minimum atomic E-state index is -1.76. The average molecular weight is 1420 g/mol. The highest BCUT2D eigenvalue weighted by Gasteiger charge is 2.37. The molecule has 26 N–H and O–H groups in total. The Morgan fingerprint density at radius 2 is 0.960 bits per heavy atom. The van der Waals surface area contributed by atoms with Crippen LogP contribution < -0.4 is 92.5 Å². The quantitative estimate of drug-likeness (QED) is 0.0251. The van der Waals surface area contributed by atoms with Crippen LogP contribution in [-0.4, -0.2) is 209 Å². The van der Waals surface area contributed by atoms with Crippen molar-refractivity contribution in [2.75, 3.05) is 39.3 Å². The molecule has 0 saturated heterocycles. The van der Waals surface area contributed by atoms with Gasteiger partial charge in [-0.2, -0.15) is 0 Å². The average Bonchev–Trinajstić information content (AvgIpc) is 1.70. The van der Waals surface area contributed by atoms with Crippen molar-refractivity contribution in [2.24, 2.45) is 40.5 Å². The third kappa shape index (κ3) is 29.9. The van der Waals surface area contributed by atoms with E-state index in [9.17, 15) is 82.4 Å². The molecule has 2 aromatic carbocycles. The van der Waals surface area contributed by atoms with Gasteiger partial charge in [0.15, 0.2) is 0 Å². The number of hydrogen-bond donors (Lipinski definition) is 21. The normalized spacial score (nSPS) is 15.0. The van der Waals surface area contributed by atoms with Crippen LogP contribution in [0.15, 0.2) is 54.7 Å². The molecule has 13 atom stereocenters. The van der Waals surface area contributed by atoms with E-state index in [1.807, 2.05) is 13.8 Å². The monoisotopic (exact) mass is 1420 g/mol. The van der Waals surface area contributed by atoms with Crippen molar-refractivity contribution in [3.8, 4) is 5.75 Å². The highest BCUT2D eigenvalue weighted by molar-refractivity contribution is 6.00. The van der Waals surface area contributed by atoms with E-state index < -0.39 is 181 Å². The number of aromatic amines is 1. The number of phenolic OH excluding ortho intramolecular Hbond substituents is 1. The number of H-pyrrole nitrogens is 1. The summed E-state index contributed by atoms with van der Waals surface area (Å²) in [5.41, 5.74) is 29.7. The van der Waals surface area contributed by atoms with Crippen LogP contribution in [0, 0.1) is 11.8 Å². The van der Waals surface area contributed by atoms with Crippen molar-refractivity contribution in [3.63, 3.8) is 0 Å². The number of fused-ring (bicyclic) bond motifs is 1. The molecule has 0 fully saturated rings. The van der Waals surface area contributed by atoms with Gasteiger partial charge in [-0.05, 0) is 120 Å².